The van der Waals surface area contributed by atoms with Gasteiger partial charge in [-0.25, -0.2) is 0 Å². The average molecular weight is 381 g/mol. The molecule has 23 heavy (non-hydrogen) atoms. The molecule has 0 aliphatic carbocycles. The molecule has 1 aromatic carbocycles. The number of halogens is 1. The fourth-order valence-electron chi connectivity index (χ4n) is 2.52. The summed E-state index contributed by atoms with van der Waals surface area (Å²) in [5.74, 6) is 0.970. The van der Waals surface area contributed by atoms with Crippen LogP contribution in [0.4, 0.5) is 0 Å². The second kappa shape index (κ2) is 9.55. The van der Waals surface area contributed by atoms with Crippen LogP contribution in [0.1, 0.15) is 36.5 Å². The summed E-state index contributed by atoms with van der Waals surface area (Å²) >= 11 is 3.37. The van der Waals surface area contributed by atoms with E-state index in [1.54, 1.807) is 0 Å². The fraction of sp³-hybridized carbons (Fsp3) is 0.529. The number of carbonyl (C=O) groups is 1. The first kappa shape index (κ1) is 17.8. The van der Waals surface area contributed by atoms with Gasteiger partial charge >= 0.3 is 0 Å². The van der Waals surface area contributed by atoms with Crippen LogP contribution in [0.25, 0.3) is 0 Å². The Hall–Kier alpha value is -1.56. The highest BCUT2D eigenvalue weighted by molar-refractivity contribution is 9.10. The zero-order chi connectivity index (χ0) is 16.5. The van der Waals surface area contributed by atoms with Crippen molar-refractivity contribution in [3.63, 3.8) is 0 Å². The third-order valence-corrected chi connectivity index (χ3v) is 4.26. The van der Waals surface area contributed by atoms with Gasteiger partial charge < -0.3 is 15.5 Å². The lowest BCUT2D eigenvalue weighted by molar-refractivity contribution is 0.0953. The Balaban J connectivity index is 1.72. The second-order valence-electron chi connectivity index (χ2n) is 5.55. The molecule has 0 aromatic heterocycles. The van der Waals surface area contributed by atoms with Crippen LogP contribution in [-0.2, 0) is 0 Å². The molecule has 1 aliphatic heterocycles. The number of benzene rings is 1. The standard InChI is InChI=1S/C17H25BrN4O/c1-2-19-17(22-12-3-4-13-22)21-11-5-10-20-16(23)14-6-8-15(18)9-7-14/h6-9H,2-5,10-13H2,1H3,(H,19,21)(H,20,23). The molecule has 6 heteroatoms. The summed E-state index contributed by atoms with van der Waals surface area (Å²) in [5.41, 5.74) is 0.683. The molecule has 0 atom stereocenters. The Morgan fingerprint density at radius 1 is 1.22 bits per heavy atom. The maximum atomic E-state index is 12.0. The Labute approximate surface area is 146 Å². The maximum absolute atomic E-state index is 12.0. The first-order valence-corrected chi connectivity index (χ1v) is 9.07. The summed E-state index contributed by atoms with van der Waals surface area (Å²) in [6, 6.07) is 7.37. The number of nitrogens with one attached hydrogen (secondary N) is 2. The van der Waals surface area contributed by atoms with Gasteiger partial charge in [0.1, 0.15) is 0 Å². The Morgan fingerprint density at radius 2 is 1.91 bits per heavy atom. The molecule has 1 fully saturated rings. The molecule has 126 valence electrons. The van der Waals surface area contributed by atoms with Crippen molar-refractivity contribution >= 4 is 27.8 Å². The molecule has 5 nitrogen and oxygen atoms in total. The zero-order valence-corrected chi connectivity index (χ0v) is 15.2. The van der Waals surface area contributed by atoms with Gasteiger partial charge in [0, 0.05) is 42.8 Å². The third-order valence-electron chi connectivity index (χ3n) is 3.73. The van der Waals surface area contributed by atoms with Crippen LogP contribution in [0, 0.1) is 0 Å². The predicted octanol–water partition coefficient (Wildman–Crippen LogP) is 2.63. The number of rotatable bonds is 6. The number of hydrogen-bond acceptors (Lipinski definition) is 2. The number of carbonyl (C=O) groups excluding carboxylic acids is 1. The Bertz CT molecular complexity index is 524. The topological polar surface area (TPSA) is 56.7 Å². The second-order valence-corrected chi connectivity index (χ2v) is 6.46. The number of hydrogen-bond donors (Lipinski definition) is 2. The van der Waals surface area contributed by atoms with Crippen molar-refractivity contribution < 1.29 is 4.79 Å². The molecule has 1 heterocycles. The van der Waals surface area contributed by atoms with Crippen LogP contribution in [-0.4, -0.2) is 49.5 Å². The summed E-state index contributed by atoms with van der Waals surface area (Å²) in [6.07, 6.45) is 3.33. The van der Waals surface area contributed by atoms with Gasteiger partial charge in [0.15, 0.2) is 5.96 Å². The molecule has 0 saturated carbocycles. The molecule has 2 N–H and O–H groups in total. The summed E-state index contributed by atoms with van der Waals surface area (Å²) in [4.78, 5) is 18.9. The minimum absolute atomic E-state index is 0.0343. The molecule has 1 aliphatic rings. The van der Waals surface area contributed by atoms with Crippen LogP contribution in [0.5, 0.6) is 0 Å². The van der Waals surface area contributed by atoms with E-state index in [1.807, 2.05) is 24.3 Å². The minimum Gasteiger partial charge on any atom is -0.357 e. The van der Waals surface area contributed by atoms with Gasteiger partial charge in [-0.3, -0.25) is 9.79 Å². The fourth-order valence-corrected chi connectivity index (χ4v) is 2.79. The van der Waals surface area contributed by atoms with Crippen molar-refractivity contribution in [2.24, 2.45) is 4.99 Å². The van der Waals surface area contributed by atoms with Gasteiger partial charge in [-0.2, -0.15) is 0 Å². The number of aliphatic imine (C=N–C) groups is 1. The smallest absolute Gasteiger partial charge is 0.251 e. The molecule has 0 bridgehead atoms. The SMILES string of the molecule is CCNC(=NCCCNC(=O)c1ccc(Br)cc1)N1CCCC1. The molecule has 1 saturated heterocycles. The summed E-state index contributed by atoms with van der Waals surface area (Å²) in [6.45, 7) is 6.51. The van der Waals surface area contributed by atoms with Crippen molar-refractivity contribution in [3.05, 3.63) is 34.3 Å². The predicted molar refractivity (Wildman–Crippen MR) is 97.9 cm³/mol. The number of amides is 1. The first-order valence-electron chi connectivity index (χ1n) is 8.27. The quantitative estimate of drug-likeness (QED) is 0.453. The van der Waals surface area contributed by atoms with Crippen molar-refractivity contribution in [1.82, 2.24) is 15.5 Å². The Kier molecular flexibility index (Phi) is 7.39. The Morgan fingerprint density at radius 3 is 2.57 bits per heavy atom. The lowest BCUT2D eigenvalue weighted by Gasteiger charge is -2.20. The molecule has 0 unspecified atom stereocenters. The largest absolute Gasteiger partial charge is 0.357 e. The van der Waals surface area contributed by atoms with E-state index in [4.69, 9.17) is 0 Å². The van der Waals surface area contributed by atoms with Crippen molar-refractivity contribution in [2.45, 2.75) is 26.2 Å². The highest BCUT2D eigenvalue weighted by Gasteiger charge is 2.15. The monoisotopic (exact) mass is 380 g/mol. The van der Waals surface area contributed by atoms with Crippen molar-refractivity contribution in [1.29, 1.82) is 0 Å². The van der Waals surface area contributed by atoms with Crippen LogP contribution in [0.2, 0.25) is 0 Å². The minimum atomic E-state index is -0.0343. The normalized spacial score (nSPS) is 14.9. The first-order chi connectivity index (χ1) is 11.2. The summed E-state index contributed by atoms with van der Waals surface area (Å²) in [5, 5.41) is 6.28. The van der Waals surface area contributed by atoms with Gasteiger partial charge in [-0.15, -0.1) is 0 Å². The lowest BCUT2D eigenvalue weighted by Crippen LogP contribution is -2.39. The average Bonchev–Trinajstić information content (AvgIpc) is 3.08. The summed E-state index contributed by atoms with van der Waals surface area (Å²) < 4.78 is 0.973. The molecule has 1 aromatic rings. The van der Waals surface area contributed by atoms with Crippen molar-refractivity contribution in [3.8, 4) is 0 Å². The number of nitrogens with zero attached hydrogens (tertiary/aromatic N) is 2. The number of guanidine groups is 1. The third kappa shape index (κ3) is 5.86. The highest BCUT2D eigenvalue weighted by Crippen LogP contribution is 2.10. The highest BCUT2D eigenvalue weighted by atomic mass is 79.9. The molecule has 2 rings (SSSR count). The molecule has 0 radical (unpaired) electrons. The molecule has 1 amide bonds. The van der Waals surface area contributed by atoms with Gasteiger partial charge in [0.05, 0.1) is 0 Å². The van der Waals surface area contributed by atoms with E-state index in [0.29, 0.717) is 12.1 Å². The van der Waals surface area contributed by atoms with Crippen LogP contribution < -0.4 is 10.6 Å². The van der Waals surface area contributed by atoms with Gasteiger partial charge in [0.2, 0.25) is 0 Å². The van der Waals surface area contributed by atoms with Gasteiger partial charge in [-0.05, 0) is 50.5 Å². The van der Waals surface area contributed by atoms with E-state index in [0.717, 1.165) is 43.0 Å². The maximum Gasteiger partial charge on any atom is 0.251 e. The van der Waals surface area contributed by atoms with E-state index < -0.39 is 0 Å². The van der Waals surface area contributed by atoms with E-state index in [-0.39, 0.29) is 5.91 Å². The van der Waals surface area contributed by atoms with E-state index in [2.05, 4.69) is 43.4 Å². The van der Waals surface area contributed by atoms with Crippen molar-refractivity contribution in [2.75, 3.05) is 32.7 Å². The van der Waals surface area contributed by atoms with Crippen LogP contribution in [0.3, 0.4) is 0 Å². The zero-order valence-electron chi connectivity index (χ0n) is 13.6. The summed E-state index contributed by atoms with van der Waals surface area (Å²) in [7, 11) is 0. The molecular weight excluding hydrogens is 356 g/mol. The molecule has 0 spiro atoms. The lowest BCUT2D eigenvalue weighted by atomic mass is 10.2. The molecular formula is C17H25BrN4O. The van der Waals surface area contributed by atoms with Gasteiger partial charge in [0.25, 0.3) is 5.91 Å². The van der Waals surface area contributed by atoms with Gasteiger partial charge in [-0.1, -0.05) is 15.9 Å². The van der Waals surface area contributed by atoms with E-state index >= 15 is 0 Å². The number of likely N-dealkylation sites (tertiary alicyclic amines) is 1. The van der Waals surface area contributed by atoms with Crippen LogP contribution in [0.15, 0.2) is 33.7 Å². The van der Waals surface area contributed by atoms with E-state index in [1.165, 1.54) is 12.8 Å². The van der Waals surface area contributed by atoms with Crippen LogP contribution >= 0.6 is 15.9 Å². The van der Waals surface area contributed by atoms with E-state index in [9.17, 15) is 4.79 Å².